The van der Waals surface area contributed by atoms with Gasteiger partial charge in [-0.25, -0.2) is 0 Å². The zero-order chi connectivity index (χ0) is 12.5. The second-order valence-electron chi connectivity index (χ2n) is 4.10. The number of aromatic nitrogens is 3. The summed E-state index contributed by atoms with van der Waals surface area (Å²) in [4.78, 5) is 3.32. The van der Waals surface area contributed by atoms with Crippen LogP contribution < -0.4 is 0 Å². The van der Waals surface area contributed by atoms with Crippen molar-refractivity contribution in [2.75, 3.05) is 0 Å². The van der Waals surface area contributed by atoms with E-state index in [1.165, 1.54) is 6.20 Å². The Morgan fingerprint density at radius 1 is 1.17 bits per heavy atom. The second-order valence-corrected chi connectivity index (χ2v) is 4.10. The summed E-state index contributed by atoms with van der Waals surface area (Å²) in [5.74, 6) is 0. The molecule has 3 aromatic rings. The van der Waals surface area contributed by atoms with Crippen LogP contribution in [-0.4, -0.2) is 15.2 Å². The highest BCUT2D eigenvalue weighted by atomic mass is 15.1. The number of nitriles is 1. The van der Waals surface area contributed by atoms with Crippen molar-refractivity contribution < 1.29 is 0 Å². The van der Waals surface area contributed by atoms with Crippen molar-refractivity contribution in [3.05, 3.63) is 47.9 Å². The standard InChI is InChI=1S/C14H10N4/c1-9-14(11-4-2-3-5-13(11)18-9)12-8-17-16-7-10(12)6-15/h2-5,7-8,18H,1H3. The maximum absolute atomic E-state index is 9.15. The summed E-state index contributed by atoms with van der Waals surface area (Å²) in [6.45, 7) is 2.00. The van der Waals surface area contributed by atoms with E-state index >= 15 is 0 Å². The fraction of sp³-hybridized carbons (Fsp3) is 0.0714. The molecule has 4 nitrogen and oxygen atoms in total. The van der Waals surface area contributed by atoms with E-state index in [-0.39, 0.29) is 0 Å². The number of para-hydroxylation sites is 1. The van der Waals surface area contributed by atoms with E-state index in [1.54, 1.807) is 6.20 Å². The Labute approximate surface area is 104 Å². The molecule has 2 heterocycles. The average molecular weight is 234 g/mol. The summed E-state index contributed by atoms with van der Waals surface area (Å²) in [6.07, 6.45) is 3.14. The lowest BCUT2D eigenvalue weighted by Gasteiger charge is -2.02. The summed E-state index contributed by atoms with van der Waals surface area (Å²) in [5, 5.41) is 17.9. The average Bonchev–Trinajstić information content (AvgIpc) is 2.74. The third-order valence-corrected chi connectivity index (χ3v) is 3.01. The number of aryl methyl sites for hydroxylation is 1. The molecule has 0 atom stereocenters. The van der Waals surface area contributed by atoms with Gasteiger partial charge >= 0.3 is 0 Å². The van der Waals surface area contributed by atoms with Crippen molar-refractivity contribution >= 4 is 10.9 Å². The third kappa shape index (κ3) is 1.45. The topological polar surface area (TPSA) is 65.4 Å². The quantitative estimate of drug-likeness (QED) is 0.704. The summed E-state index contributed by atoms with van der Waals surface area (Å²) >= 11 is 0. The number of benzene rings is 1. The van der Waals surface area contributed by atoms with Gasteiger partial charge in [-0.15, -0.1) is 0 Å². The van der Waals surface area contributed by atoms with Crippen molar-refractivity contribution in [2.24, 2.45) is 0 Å². The predicted octanol–water partition coefficient (Wildman–Crippen LogP) is 2.81. The normalized spacial score (nSPS) is 10.4. The Hall–Kier alpha value is -2.67. The van der Waals surface area contributed by atoms with Crippen LogP contribution >= 0.6 is 0 Å². The van der Waals surface area contributed by atoms with Crippen LogP contribution in [0.4, 0.5) is 0 Å². The van der Waals surface area contributed by atoms with Crippen LogP contribution in [0.3, 0.4) is 0 Å². The highest BCUT2D eigenvalue weighted by Crippen LogP contribution is 2.32. The van der Waals surface area contributed by atoms with Gasteiger partial charge in [-0.1, -0.05) is 18.2 Å². The number of nitrogens with one attached hydrogen (secondary N) is 1. The van der Waals surface area contributed by atoms with Gasteiger partial charge in [0.2, 0.25) is 0 Å². The minimum atomic E-state index is 0.540. The summed E-state index contributed by atoms with van der Waals surface area (Å²) in [7, 11) is 0. The van der Waals surface area contributed by atoms with Crippen molar-refractivity contribution in [1.29, 1.82) is 5.26 Å². The number of rotatable bonds is 1. The molecule has 0 aliphatic heterocycles. The van der Waals surface area contributed by atoms with Gasteiger partial charge in [0, 0.05) is 27.7 Å². The molecule has 0 saturated heterocycles. The lowest BCUT2D eigenvalue weighted by atomic mass is 10.0. The second kappa shape index (κ2) is 3.97. The minimum absolute atomic E-state index is 0.540. The largest absolute Gasteiger partial charge is 0.358 e. The molecule has 1 N–H and O–H groups in total. The number of H-pyrrole nitrogens is 1. The lowest BCUT2D eigenvalue weighted by Crippen LogP contribution is -1.89. The van der Waals surface area contributed by atoms with Gasteiger partial charge in [0.15, 0.2) is 0 Å². The van der Waals surface area contributed by atoms with Crippen LogP contribution in [0.2, 0.25) is 0 Å². The zero-order valence-corrected chi connectivity index (χ0v) is 9.81. The number of fused-ring (bicyclic) bond motifs is 1. The van der Waals surface area contributed by atoms with Crippen LogP contribution in [0, 0.1) is 18.3 Å². The van der Waals surface area contributed by atoms with Gasteiger partial charge in [-0.05, 0) is 13.0 Å². The number of aromatic amines is 1. The van der Waals surface area contributed by atoms with Crippen LogP contribution in [0.1, 0.15) is 11.3 Å². The van der Waals surface area contributed by atoms with Crippen molar-refractivity contribution in [2.45, 2.75) is 6.92 Å². The van der Waals surface area contributed by atoms with Crippen molar-refractivity contribution in [1.82, 2.24) is 15.2 Å². The molecule has 0 fully saturated rings. The molecular formula is C14H10N4. The zero-order valence-electron chi connectivity index (χ0n) is 9.81. The molecule has 1 aromatic carbocycles. The van der Waals surface area contributed by atoms with Crippen LogP contribution in [0.5, 0.6) is 0 Å². The Bertz CT molecular complexity index is 765. The fourth-order valence-electron chi connectivity index (χ4n) is 2.23. The Kier molecular flexibility index (Phi) is 2.31. The first kappa shape index (κ1) is 10.5. The number of nitrogens with zero attached hydrogens (tertiary/aromatic N) is 3. The first-order valence-electron chi connectivity index (χ1n) is 5.59. The van der Waals surface area contributed by atoms with Gasteiger partial charge in [0.05, 0.1) is 18.0 Å². The molecule has 0 radical (unpaired) electrons. The third-order valence-electron chi connectivity index (χ3n) is 3.01. The Balaban J connectivity index is 2.39. The van der Waals surface area contributed by atoms with Gasteiger partial charge in [-0.2, -0.15) is 15.5 Å². The SMILES string of the molecule is Cc1[nH]c2ccccc2c1-c1cnncc1C#N. The van der Waals surface area contributed by atoms with Gasteiger partial charge in [-0.3, -0.25) is 0 Å². The molecule has 86 valence electrons. The molecule has 0 amide bonds. The number of hydrogen-bond donors (Lipinski definition) is 1. The van der Waals surface area contributed by atoms with E-state index in [0.29, 0.717) is 5.56 Å². The monoisotopic (exact) mass is 234 g/mol. The van der Waals surface area contributed by atoms with Crippen LogP contribution in [0.25, 0.3) is 22.0 Å². The molecule has 0 bridgehead atoms. The van der Waals surface area contributed by atoms with E-state index in [0.717, 1.165) is 27.7 Å². The van der Waals surface area contributed by atoms with Crippen LogP contribution in [-0.2, 0) is 0 Å². The summed E-state index contributed by atoms with van der Waals surface area (Å²) in [6, 6.07) is 10.2. The lowest BCUT2D eigenvalue weighted by molar-refractivity contribution is 1.03. The highest BCUT2D eigenvalue weighted by Gasteiger charge is 2.13. The molecule has 4 heteroatoms. The van der Waals surface area contributed by atoms with E-state index in [4.69, 9.17) is 5.26 Å². The molecule has 3 rings (SSSR count). The van der Waals surface area contributed by atoms with Gasteiger partial charge < -0.3 is 4.98 Å². The molecule has 2 aromatic heterocycles. The smallest absolute Gasteiger partial charge is 0.102 e. The van der Waals surface area contributed by atoms with E-state index in [2.05, 4.69) is 21.3 Å². The van der Waals surface area contributed by atoms with Gasteiger partial charge in [0.25, 0.3) is 0 Å². The van der Waals surface area contributed by atoms with Crippen LogP contribution in [0.15, 0.2) is 36.7 Å². The molecule has 0 unspecified atom stereocenters. The first-order valence-corrected chi connectivity index (χ1v) is 5.59. The predicted molar refractivity (Wildman–Crippen MR) is 68.8 cm³/mol. The van der Waals surface area contributed by atoms with Gasteiger partial charge in [0.1, 0.15) is 6.07 Å². The molecular weight excluding hydrogens is 224 g/mol. The van der Waals surface area contributed by atoms with E-state index in [1.807, 2.05) is 31.2 Å². The first-order chi connectivity index (χ1) is 8.81. The fourth-order valence-corrected chi connectivity index (χ4v) is 2.23. The van der Waals surface area contributed by atoms with Crippen molar-refractivity contribution in [3.8, 4) is 17.2 Å². The molecule has 18 heavy (non-hydrogen) atoms. The maximum Gasteiger partial charge on any atom is 0.102 e. The molecule has 0 saturated carbocycles. The minimum Gasteiger partial charge on any atom is -0.358 e. The van der Waals surface area contributed by atoms with Crippen molar-refractivity contribution in [3.63, 3.8) is 0 Å². The summed E-state index contributed by atoms with van der Waals surface area (Å²) < 4.78 is 0. The molecule has 0 aliphatic carbocycles. The summed E-state index contributed by atoms with van der Waals surface area (Å²) in [5.41, 5.74) is 4.48. The van der Waals surface area contributed by atoms with E-state index in [9.17, 15) is 0 Å². The Morgan fingerprint density at radius 3 is 2.78 bits per heavy atom. The molecule has 0 spiro atoms. The van der Waals surface area contributed by atoms with E-state index < -0.39 is 0 Å². The highest BCUT2D eigenvalue weighted by molar-refractivity contribution is 5.98. The maximum atomic E-state index is 9.15. The molecule has 0 aliphatic rings. The Morgan fingerprint density at radius 2 is 1.94 bits per heavy atom. The number of hydrogen-bond acceptors (Lipinski definition) is 3.